The van der Waals surface area contributed by atoms with E-state index >= 15 is 0 Å². The number of aromatic nitrogens is 2. The molecule has 0 saturated carbocycles. The van der Waals surface area contributed by atoms with Crippen LogP contribution in [0.25, 0.3) is 11.3 Å². The molecular formula is C11H7BrFN3. The fraction of sp³-hybridized carbons (Fsp3) is 0.0909. The first-order valence-corrected chi connectivity index (χ1v) is 5.30. The van der Waals surface area contributed by atoms with Crippen molar-refractivity contribution in [1.29, 1.82) is 5.26 Å². The largest absolute Gasteiger partial charge is 0.267 e. The van der Waals surface area contributed by atoms with Gasteiger partial charge in [-0.1, -0.05) is 6.07 Å². The summed E-state index contributed by atoms with van der Waals surface area (Å²) in [7, 11) is 1.77. The summed E-state index contributed by atoms with van der Waals surface area (Å²) in [6.45, 7) is 0. The topological polar surface area (TPSA) is 41.6 Å². The van der Waals surface area contributed by atoms with Crippen LogP contribution in [0.4, 0.5) is 4.39 Å². The molecule has 0 aliphatic rings. The van der Waals surface area contributed by atoms with Crippen molar-refractivity contribution in [3.05, 3.63) is 40.2 Å². The van der Waals surface area contributed by atoms with E-state index in [2.05, 4.69) is 21.0 Å². The Morgan fingerprint density at radius 1 is 1.50 bits per heavy atom. The maximum absolute atomic E-state index is 13.4. The van der Waals surface area contributed by atoms with E-state index in [-0.39, 0.29) is 5.56 Å². The first kappa shape index (κ1) is 10.8. The van der Waals surface area contributed by atoms with Gasteiger partial charge >= 0.3 is 0 Å². The Bertz CT molecular complexity index is 564. The van der Waals surface area contributed by atoms with E-state index in [4.69, 9.17) is 5.26 Å². The lowest BCUT2D eigenvalue weighted by molar-refractivity contribution is 0.624. The summed E-state index contributed by atoms with van der Waals surface area (Å²) in [5, 5.41) is 12.7. The third-order valence-corrected chi connectivity index (χ3v) is 2.84. The van der Waals surface area contributed by atoms with E-state index in [9.17, 15) is 4.39 Å². The molecule has 0 atom stereocenters. The average molecular weight is 280 g/mol. The molecule has 1 heterocycles. The maximum Gasteiger partial charge on any atom is 0.141 e. The van der Waals surface area contributed by atoms with Crippen molar-refractivity contribution in [2.45, 2.75) is 0 Å². The zero-order chi connectivity index (χ0) is 11.7. The summed E-state index contributed by atoms with van der Waals surface area (Å²) in [4.78, 5) is 0. The van der Waals surface area contributed by atoms with Gasteiger partial charge in [-0.15, -0.1) is 0 Å². The smallest absolute Gasteiger partial charge is 0.141 e. The predicted octanol–water partition coefficient (Wildman–Crippen LogP) is 2.86. The van der Waals surface area contributed by atoms with E-state index in [1.807, 2.05) is 0 Å². The normalized spacial score (nSPS) is 10.1. The van der Waals surface area contributed by atoms with Gasteiger partial charge < -0.3 is 0 Å². The summed E-state index contributed by atoms with van der Waals surface area (Å²) in [6, 6.07) is 6.28. The van der Waals surface area contributed by atoms with Gasteiger partial charge in [0, 0.05) is 12.6 Å². The highest BCUT2D eigenvalue weighted by Gasteiger charge is 2.11. The number of rotatable bonds is 1. The SMILES string of the molecule is Cn1ncc(Br)c1-c1ccc(C#N)c(F)c1. The highest BCUT2D eigenvalue weighted by atomic mass is 79.9. The van der Waals surface area contributed by atoms with E-state index in [0.29, 0.717) is 5.56 Å². The molecule has 2 rings (SSSR count). The lowest BCUT2D eigenvalue weighted by Crippen LogP contribution is -1.95. The van der Waals surface area contributed by atoms with Gasteiger partial charge in [-0.25, -0.2) is 4.39 Å². The molecule has 0 aliphatic heterocycles. The van der Waals surface area contributed by atoms with Crippen LogP contribution in [-0.4, -0.2) is 9.78 Å². The minimum atomic E-state index is -0.520. The molecule has 80 valence electrons. The monoisotopic (exact) mass is 279 g/mol. The second-order valence-corrected chi connectivity index (χ2v) is 4.13. The van der Waals surface area contributed by atoms with Crippen molar-refractivity contribution in [2.24, 2.45) is 7.05 Å². The van der Waals surface area contributed by atoms with Crippen molar-refractivity contribution in [3.63, 3.8) is 0 Å². The third kappa shape index (κ3) is 1.72. The molecule has 2 aromatic rings. The van der Waals surface area contributed by atoms with Crippen LogP contribution in [0.15, 0.2) is 28.9 Å². The molecule has 16 heavy (non-hydrogen) atoms. The zero-order valence-corrected chi connectivity index (χ0v) is 9.99. The number of hydrogen-bond donors (Lipinski definition) is 0. The Labute approximate surface area is 100 Å². The van der Waals surface area contributed by atoms with Gasteiger partial charge in [0.1, 0.15) is 11.9 Å². The minimum absolute atomic E-state index is 0.0436. The molecule has 0 saturated heterocycles. The molecule has 0 N–H and O–H groups in total. The van der Waals surface area contributed by atoms with Gasteiger partial charge in [0.05, 0.1) is 21.9 Å². The summed E-state index contributed by atoms with van der Waals surface area (Å²) in [5.74, 6) is -0.520. The van der Waals surface area contributed by atoms with Crippen LogP contribution < -0.4 is 0 Å². The molecule has 3 nitrogen and oxygen atoms in total. The van der Waals surface area contributed by atoms with Gasteiger partial charge in [0.25, 0.3) is 0 Å². The van der Waals surface area contributed by atoms with Gasteiger partial charge in [-0.3, -0.25) is 4.68 Å². The summed E-state index contributed by atoms with van der Waals surface area (Å²) < 4.78 is 15.9. The Morgan fingerprint density at radius 3 is 2.75 bits per heavy atom. The van der Waals surface area contributed by atoms with E-state index in [0.717, 1.165) is 10.2 Å². The summed E-state index contributed by atoms with van der Waals surface area (Å²) in [6.07, 6.45) is 1.64. The molecule has 0 unspecified atom stereocenters. The summed E-state index contributed by atoms with van der Waals surface area (Å²) in [5.41, 5.74) is 1.51. The van der Waals surface area contributed by atoms with Crippen molar-refractivity contribution in [3.8, 4) is 17.3 Å². The Morgan fingerprint density at radius 2 is 2.25 bits per heavy atom. The molecule has 0 bridgehead atoms. The van der Waals surface area contributed by atoms with E-state index < -0.39 is 5.82 Å². The first-order valence-electron chi connectivity index (χ1n) is 4.51. The summed E-state index contributed by atoms with van der Waals surface area (Å²) >= 11 is 3.34. The second kappa shape index (κ2) is 4.06. The van der Waals surface area contributed by atoms with Gasteiger partial charge in [0.15, 0.2) is 0 Å². The quantitative estimate of drug-likeness (QED) is 0.806. The number of nitrogens with zero attached hydrogens (tertiary/aromatic N) is 3. The Balaban J connectivity index is 2.59. The molecular weight excluding hydrogens is 273 g/mol. The average Bonchev–Trinajstić information content (AvgIpc) is 2.58. The number of aryl methyl sites for hydroxylation is 1. The third-order valence-electron chi connectivity index (χ3n) is 2.26. The Kier molecular flexibility index (Phi) is 2.75. The molecule has 5 heteroatoms. The molecule has 0 amide bonds. The van der Waals surface area contributed by atoms with Crippen molar-refractivity contribution in [2.75, 3.05) is 0 Å². The molecule has 0 fully saturated rings. The van der Waals surface area contributed by atoms with E-state index in [1.54, 1.807) is 30.1 Å². The van der Waals surface area contributed by atoms with Crippen LogP contribution in [0, 0.1) is 17.1 Å². The van der Waals surface area contributed by atoms with Crippen LogP contribution in [-0.2, 0) is 7.05 Å². The highest BCUT2D eigenvalue weighted by Crippen LogP contribution is 2.28. The fourth-order valence-electron chi connectivity index (χ4n) is 1.49. The molecule has 1 aromatic carbocycles. The van der Waals surface area contributed by atoms with Crippen molar-refractivity contribution in [1.82, 2.24) is 9.78 Å². The number of benzene rings is 1. The van der Waals surface area contributed by atoms with Crippen LogP contribution in [0.5, 0.6) is 0 Å². The molecule has 1 aromatic heterocycles. The van der Waals surface area contributed by atoms with Crippen LogP contribution >= 0.6 is 15.9 Å². The van der Waals surface area contributed by atoms with Crippen molar-refractivity contribution >= 4 is 15.9 Å². The number of nitriles is 1. The van der Waals surface area contributed by atoms with Crippen molar-refractivity contribution < 1.29 is 4.39 Å². The van der Waals surface area contributed by atoms with Gasteiger partial charge in [0.2, 0.25) is 0 Å². The fourth-order valence-corrected chi connectivity index (χ4v) is 2.07. The zero-order valence-electron chi connectivity index (χ0n) is 8.41. The van der Waals surface area contributed by atoms with Crippen LogP contribution in [0.1, 0.15) is 5.56 Å². The standard InChI is InChI=1S/C11H7BrFN3/c1-16-11(9(12)6-15-16)7-2-3-8(5-14)10(13)4-7/h2-4,6H,1H3. The van der Waals surface area contributed by atoms with E-state index in [1.165, 1.54) is 12.1 Å². The van der Waals surface area contributed by atoms with Gasteiger partial charge in [-0.05, 0) is 28.1 Å². The molecule has 0 spiro atoms. The predicted molar refractivity (Wildman–Crippen MR) is 61.0 cm³/mol. The minimum Gasteiger partial charge on any atom is -0.267 e. The first-order chi connectivity index (χ1) is 7.63. The van der Waals surface area contributed by atoms with Gasteiger partial charge in [-0.2, -0.15) is 10.4 Å². The maximum atomic E-state index is 13.4. The Hall–Kier alpha value is -1.67. The highest BCUT2D eigenvalue weighted by molar-refractivity contribution is 9.10. The lowest BCUT2D eigenvalue weighted by Gasteiger charge is -2.04. The van der Waals surface area contributed by atoms with Crippen LogP contribution in [0.3, 0.4) is 0 Å². The second-order valence-electron chi connectivity index (χ2n) is 3.27. The number of halogens is 2. The molecule has 0 aliphatic carbocycles. The van der Waals surface area contributed by atoms with Crippen LogP contribution in [0.2, 0.25) is 0 Å². The number of hydrogen-bond acceptors (Lipinski definition) is 2. The lowest BCUT2D eigenvalue weighted by atomic mass is 10.1. The molecule has 0 radical (unpaired) electrons.